The lowest BCUT2D eigenvalue weighted by atomic mass is 9.80. The number of hydrogen-bond acceptors (Lipinski definition) is 5. The average molecular weight is 312 g/mol. The number of hydrogen-bond donors (Lipinski definition) is 2. The Hall–Kier alpha value is -2.57. The Balaban J connectivity index is 2.17. The van der Waals surface area contributed by atoms with Crippen molar-refractivity contribution >= 4 is 24.4 Å². The van der Waals surface area contributed by atoms with Gasteiger partial charge in [-0.3, -0.25) is 4.79 Å². The van der Waals surface area contributed by atoms with Crippen LogP contribution in [-0.2, 0) is 0 Å². The molecule has 2 aromatic rings. The molecule has 0 spiro atoms. The fourth-order valence-electron chi connectivity index (χ4n) is 2.01. The summed E-state index contributed by atoms with van der Waals surface area (Å²) in [4.78, 5) is 12.1. The van der Waals surface area contributed by atoms with E-state index >= 15 is 0 Å². The lowest BCUT2D eigenvalue weighted by molar-refractivity contribution is 0.104. The van der Waals surface area contributed by atoms with Crippen LogP contribution < -0.4 is 14.9 Å². The topological polar surface area (TPSA) is 76.0 Å². The van der Waals surface area contributed by atoms with Crippen molar-refractivity contribution in [1.82, 2.24) is 0 Å². The summed E-state index contributed by atoms with van der Waals surface area (Å²) < 4.78 is 10.4. The van der Waals surface area contributed by atoms with E-state index in [1.165, 1.54) is 18.2 Å². The SMILES string of the molecule is COc1cc(C=CC(=O)c2ccc(B(O)O)cc2)cc(OC)c1. The first-order chi connectivity index (χ1) is 11.0. The maximum absolute atomic E-state index is 12.1. The quantitative estimate of drug-likeness (QED) is 0.477. The Bertz CT molecular complexity index is 685. The van der Waals surface area contributed by atoms with Gasteiger partial charge in [0, 0.05) is 11.6 Å². The number of ether oxygens (including phenoxy) is 2. The van der Waals surface area contributed by atoms with Crippen LogP contribution in [0.1, 0.15) is 15.9 Å². The van der Waals surface area contributed by atoms with Crippen molar-refractivity contribution in [1.29, 1.82) is 0 Å². The molecule has 5 nitrogen and oxygen atoms in total. The number of methoxy groups -OCH3 is 2. The van der Waals surface area contributed by atoms with E-state index in [0.29, 0.717) is 22.5 Å². The summed E-state index contributed by atoms with van der Waals surface area (Å²) in [7, 11) is 1.58. The van der Waals surface area contributed by atoms with E-state index in [1.54, 1.807) is 50.6 Å². The van der Waals surface area contributed by atoms with Crippen molar-refractivity contribution in [3.05, 3.63) is 59.7 Å². The smallest absolute Gasteiger partial charge is 0.488 e. The third kappa shape index (κ3) is 4.45. The normalized spacial score (nSPS) is 10.6. The molecule has 2 N–H and O–H groups in total. The molecule has 0 saturated carbocycles. The molecule has 0 atom stereocenters. The molecule has 0 amide bonds. The molecule has 2 rings (SSSR count). The molecule has 2 aromatic carbocycles. The van der Waals surface area contributed by atoms with Gasteiger partial charge >= 0.3 is 7.12 Å². The third-order valence-electron chi connectivity index (χ3n) is 3.29. The van der Waals surface area contributed by atoms with Crippen molar-refractivity contribution < 1.29 is 24.3 Å². The number of benzene rings is 2. The van der Waals surface area contributed by atoms with Crippen molar-refractivity contribution in [3.8, 4) is 11.5 Å². The Morgan fingerprint density at radius 3 is 2.04 bits per heavy atom. The van der Waals surface area contributed by atoms with Gasteiger partial charge in [-0.2, -0.15) is 0 Å². The predicted molar refractivity (Wildman–Crippen MR) is 89.2 cm³/mol. The minimum atomic E-state index is -1.54. The largest absolute Gasteiger partial charge is 0.497 e. The summed E-state index contributed by atoms with van der Waals surface area (Å²) >= 11 is 0. The summed E-state index contributed by atoms with van der Waals surface area (Å²) in [6.45, 7) is 0. The second-order valence-corrected chi connectivity index (χ2v) is 4.84. The summed E-state index contributed by atoms with van der Waals surface area (Å²) in [6, 6.07) is 11.4. The van der Waals surface area contributed by atoms with Crippen LogP contribution in [0.2, 0.25) is 0 Å². The second kappa shape index (κ2) is 7.62. The Kier molecular flexibility index (Phi) is 5.57. The molecular formula is C17H17BO5. The molecule has 0 saturated heterocycles. The highest BCUT2D eigenvalue weighted by Crippen LogP contribution is 2.23. The maximum Gasteiger partial charge on any atom is 0.488 e. The van der Waals surface area contributed by atoms with Crippen LogP contribution in [0.4, 0.5) is 0 Å². The zero-order valence-electron chi connectivity index (χ0n) is 12.9. The zero-order chi connectivity index (χ0) is 16.8. The molecule has 118 valence electrons. The highest BCUT2D eigenvalue weighted by atomic mass is 16.5. The lowest BCUT2D eigenvalue weighted by Gasteiger charge is -2.05. The Labute approximate surface area is 134 Å². The molecule has 0 aromatic heterocycles. The van der Waals surface area contributed by atoms with Crippen molar-refractivity contribution in [3.63, 3.8) is 0 Å². The van der Waals surface area contributed by atoms with Gasteiger partial charge in [0.1, 0.15) is 11.5 Å². The minimum absolute atomic E-state index is 0.189. The average Bonchev–Trinajstić information content (AvgIpc) is 2.59. The standard InChI is InChI=1S/C17H17BO5/c1-22-15-9-12(10-16(11-15)23-2)3-8-17(19)13-4-6-14(7-5-13)18(20)21/h3-11,20-21H,1-2H3. The molecular weight excluding hydrogens is 295 g/mol. The molecule has 0 unspecified atom stereocenters. The first-order valence-corrected chi connectivity index (χ1v) is 6.95. The summed E-state index contributed by atoms with van der Waals surface area (Å²) in [5, 5.41) is 18.1. The number of carbonyl (C=O) groups is 1. The van der Waals surface area contributed by atoms with E-state index in [1.807, 2.05) is 0 Å². The number of carbonyl (C=O) groups excluding carboxylic acids is 1. The number of allylic oxidation sites excluding steroid dienone is 1. The van der Waals surface area contributed by atoms with Gasteiger partial charge in [-0.1, -0.05) is 30.3 Å². The van der Waals surface area contributed by atoms with E-state index in [2.05, 4.69) is 0 Å². The van der Waals surface area contributed by atoms with Gasteiger partial charge in [0.25, 0.3) is 0 Å². The molecule has 0 fully saturated rings. The van der Waals surface area contributed by atoms with E-state index in [9.17, 15) is 4.79 Å². The van der Waals surface area contributed by atoms with Gasteiger partial charge in [-0.05, 0) is 29.2 Å². The fraction of sp³-hybridized carbons (Fsp3) is 0.118. The molecule has 6 heteroatoms. The van der Waals surface area contributed by atoms with Gasteiger partial charge in [-0.15, -0.1) is 0 Å². The maximum atomic E-state index is 12.1. The summed E-state index contributed by atoms with van der Waals surface area (Å²) in [5.74, 6) is 1.08. The van der Waals surface area contributed by atoms with Gasteiger partial charge in [-0.25, -0.2) is 0 Å². The van der Waals surface area contributed by atoms with Crippen LogP contribution >= 0.6 is 0 Å². The van der Waals surface area contributed by atoms with Gasteiger partial charge in [0.2, 0.25) is 0 Å². The second-order valence-electron chi connectivity index (χ2n) is 4.84. The predicted octanol–water partition coefficient (Wildman–Crippen LogP) is 1.28. The Morgan fingerprint density at radius 2 is 1.57 bits per heavy atom. The van der Waals surface area contributed by atoms with Gasteiger partial charge in [0.05, 0.1) is 14.2 Å². The summed E-state index contributed by atoms with van der Waals surface area (Å²) in [5.41, 5.74) is 1.57. The van der Waals surface area contributed by atoms with Crippen LogP contribution in [0, 0.1) is 0 Å². The lowest BCUT2D eigenvalue weighted by Crippen LogP contribution is -2.29. The molecule has 0 aliphatic rings. The van der Waals surface area contributed by atoms with Crippen LogP contribution in [0.15, 0.2) is 48.5 Å². The highest BCUT2D eigenvalue weighted by Gasteiger charge is 2.11. The van der Waals surface area contributed by atoms with Crippen LogP contribution in [-0.4, -0.2) is 37.2 Å². The van der Waals surface area contributed by atoms with E-state index in [-0.39, 0.29) is 5.78 Å². The molecule has 0 aliphatic heterocycles. The van der Waals surface area contributed by atoms with Crippen molar-refractivity contribution in [2.24, 2.45) is 0 Å². The first kappa shape index (κ1) is 16.8. The van der Waals surface area contributed by atoms with Crippen LogP contribution in [0.3, 0.4) is 0 Å². The highest BCUT2D eigenvalue weighted by molar-refractivity contribution is 6.58. The molecule has 0 heterocycles. The van der Waals surface area contributed by atoms with Crippen LogP contribution in [0.5, 0.6) is 11.5 Å². The molecule has 0 bridgehead atoms. The number of rotatable bonds is 6. The summed E-state index contributed by atoms with van der Waals surface area (Å²) in [6.07, 6.45) is 3.11. The zero-order valence-corrected chi connectivity index (χ0v) is 12.9. The first-order valence-electron chi connectivity index (χ1n) is 6.95. The third-order valence-corrected chi connectivity index (χ3v) is 3.29. The van der Waals surface area contributed by atoms with Gasteiger partial charge < -0.3 is 19.5 Å². The van der Waals surface area contributed by atoms with Crippen molar-refractivity contribution in [2.45, 2.75) is 0 Å². The van der Waals surface area contributed by atoms with Crippen LogP contribution in [0.25, 0.3) is 6.08 Å². The fourth-order valence-corrected chi connectivity index (χ4v) is 2.01. The van der Waals surface area contributed by atoms with E-state index < -0.39 is 7.12 Å². The van der Waals surface area contributed by atoms with E-state index in [4.69, 9.17) is 19.5 Å². The van der Waals surface area contributed by atoms with Crippen molar-refractivity contribution in [2.75, 3.05) is 14.2 Å². The molecule has 23 heavy (non-hydrogen) atoms. The monoisotopic (exact) mass is 312 g/mol. The van der Waals surface area contributed by atoms with E-state index in [0.717, 1.165) is 5.56 Å². The molecule has 0 radical (unpaired) electrons. The Morgan fingerprint density at radius 1 is 1.00 bits per heavy atom. The minimum Gasteiger partial charge on any atom is -0.497 e. The van der Waals surface area contributed by atoms with Gasteiger partial charge in [0.15, 0.2) is 5.78 Å². The molecule has 0 aliphatic carbocycles. The number of ketones is 1.